The van der Waals surface area contributed by atoms with Gasteiger partial charge in [0.05, 0.1) is 24.3 Å². The molecule has 21 heteroatoms. The van der Waals surface area contributed by atoms with E-state index in [1.165, 1.54) is 4.90 Å². The van der Waals surface area contributed by atoms with Gasteiger partial charge in [0.2, 0.25) is 11.9 Å². The molecule has 1 aromatic heterocycles. The lowest BCUT2D eigenvalue weighted by molar-refractivity contribution is -0.148. The maximum Gasteiger partial charge on any atom is 0.410 e. The SMILES string of the molecule is COCOc1ccc2c(c1)CN(C(=O)OC(C)(C)C)[C@H]([C@H](O)CN)C2.COCOc1ccc2c(c1)CN(C(=O)OC(C)(C)C)[C@H]([C@H](O)CNC(=O)c1cc(NC3CC4(C3)CN(C(C)=O)C4)nc(N3CCCCC3)n1)C2. The smallest absolute Gasteiger partial charge is 0.410 e. The van der Waals surface area contributed by atoms with Crippen LogP contribution < -0.4 is 30.7 Å². The number of likely N-dealkylation sites (tertiary alicyclic amines) is 1. The van der Waals surface area contributed by atoms with Gasteiger partial charge in [0.25, 0.3) is 5.91 Å². The highest BCUT2D eigenvalue weighted by Gasteiger charge is 2.53. The van der Waals surface area contributed by atoms with Gasteiger partial charge >= 0.3 is 12.2 Å². The number of carbonyl (C=O) groups excluding carboxylic acids is 4. The summed E-state index contributed by atoms with van der Waals surface area (Å²) in [7, 11) is 3.10. The first-order valence-corrected chi connectivity index (χ1v) is 26.0. The standard InChI is InChI=1S/C36H51N7O7.C18H28N2O5/c1-23(44)42-20-36(21-42)16-26(17-36)38-31-15-28(39-33(40-31)41-11-7-6-8-12-41)32(46)37-18-30(45)29-14-24-9-10-27(49-22-48-5)13-25(24)19-43(29)34(47)50-35(2,3)4;1-18(2,3)25-17(22)20-10-13-7-14(24-11-23-4)6-5-12(13)8-15(20)16(21)9-19/h9-10,13,15,26,29-30,45H,6-8,11-12,14,16-22H2,1-5H3,(H,37,46)(H,38,39,40);5-7,15-16,21H,8-11,19H2,1-4H3/t29-,30+;15-,16+/m00/s1. The quantitative estimate of drug-likeness (QED) is 0.126. The number of nitrogens with one attached hydrogen (secondary N) is 2. The monoisotopic (exact) mass is 1050 g/mol. The highest BCUT2D eigenvalue weighted by molar-refractivity contribution is 5.93. The first kappa shape index (κ1) is 56.7. The number of aromatic nitrogens is 2. The van der Waals surface area contributed by atoms with Crippen molar-refractivity contribution >= 4 is 35.8 Å². The van der Waals surface area contributed by atoms with Crippen LogP contribution in [0.25, 0.3) is 0 Å². The summed E-state index contributed by atoms with van der Waals surface area (Å²) in [5.74, 6) is 2.06. The molecule has 2 aromatic carbocycles. The van der Waals surface area contributed by atoms with Crippen LogP contribution in [-0.4, -0.2) is 167 Å². The molecule has 4 amide bonds. The van der Waals surface area contributed by atoms with Crippen LogP contribution >= 0.6 is 0 Å². The lowest BCUT2D eigenvalue weighted by atomic mass is 9.60. The van der Waals surface area contributed by atoms with Crippen molar-refractivity contribution in [1.29, 1.82) is 0 Å². The molecule has 0 bridgehead atoms. The van der Waals surface area contributed by atoms with Crippen molar-refractivity contribution in [2.75, 3.05) is 77.3 Å². The number of hydrogen-bond acceptors (Lipinski definition) is 17. The second kappa shape index (κ2) is 24.3. The largest absolute Gasteiger partial charge is 0.468 e. The van der Waals surface area contributed by atoms with Gasteiger partial charge in [-0.05, 0) is 133 Å². The van der Waals surface area contributed by atoms with Gasteiger partial charge in [0.1, 0.15) is 34.2 Å². The maximum absolute atomic E-state index is 13.6. The molecule has 21 nitrogen and oxygen atoms in total. The van der Waals surface area contributed by atoms with Crippen molar-refractivity contribution in [3.63, 3.8) is 0 Å². The molecule has 75 heavy (non-hydrogen) atoms. The van der Waals surface area contributed by atoms with Crippen molar-refractivity contribution < 1.29 is 57.8 Å². The molecule has 2 saturated heterocycles. The minimum absolute atomic E-state index is 0.0777. The molecule has 1 aliphatic carbocycles. The Balaban J connectivity index is 0.000000275. The van der Waals surface area contributed by atoms with Gasteiger partial charge in [-0.3, -0.25) is 19.4 Å². The molecule has 1 saturated carbocycles. The number of carbonyl (C=O) groups is 4. The normalized spacial score (nSPS) is 19.9. The summed E-state index contributed by atoms with van der Waals surface area (Å²) in [6.07, 6.45) is 3.06. The van der Waals surface area contributed by atoms with Crippen molar-refractivity contribution in [2.45, 2.75) is 148 Å². The highest BCUT2D eigenvalue weighted by atomic mass is 16.7. The molecule has 6 N–H and O–H groups in total. The van der Waals surface area contributed by atoms with Crippen molar-refractivity contribution in [2.24, 2.45) is 11.1 Å². The molecule has 5 aliphatic rings. The molecule has 3 aromatic rings. The van der Waals surface area contributed by atoms with Crippen LogP contribution in [0.1, 0.15) is 113 Å². The van der Waals surface area contributed by atoms with Crippen LogP contribution in [0, 0.1) is 5.41 Å². The average Bonchev–Trinajstić information content (AvgIpc) is 3.35. The summed E-state index contributed by atoms with van der Waals surface area (Å²) in [4.78, 5) is 67.9. The fraction of sp³-hybridized carbons (Fsp3) is 0.630. The fourth-order valence-electron chi connectivity index (χ4n) is 10.3. The Labute approximate surface area is 440 Å². The second-order valence-electron chi connectivity index (χ2n) is 22.4. The Kier molecular flexibility index (Phi) is 18.4. The third-order valence-electron chi connectivity index (χ3n) is 14.0. The van der Waals surface area contributed by atoms with Gasteiger partial charge in [-0.2, -0.15) is 4.98 Å². The highest BCUT2D eigenvalue weighted by Crippen LogP contribution is 2.49. The van der Waals surface area contributed by atoms with Crippen LogP contribution in [0.5, 0.6) is 11.5 Å². The van der Waals surface area contributed by atoms with Crippen LogP contribution in [0.4, 0.5) is 21.4 Å². The number of rotatable bonds is 15. The number of aliphatic hydroxyl groups is 2. The van der Waals surface area contributed by atoms with Crippen LogP contribution in [-0.2, 0) is 49.7 Å². The first-order valence-electron chi connectivity index (χ1n) is 26.0. The molecule has 8 rings (SSSR count). The second-order valence-corrected chi connectivity index (χ2v) is 22.4. The molecule has 4 atom stereocenters. The number of fused-ring (bicyclic) bond motifs is 2. The number of hydrogen-bond donors (Lipinski definition) is 5. The zero-order chi connectivity index (χ0) is 54.2. The zero-order valence-corrected chi connectivity index (χ0v) is 45.2. The first-order chi connectivity index (χ1) is 35.6. The minimum Gasteiger partial charge on any atom is -0.468 e. The van der Waals surface area contributed by atoms with Gasteiger partial charge in [-0.25, -0.2) is 14.6 Å². The minimum atomic E-state index is -1.09. The third kappa shape index (κ3) is 14.9. The van der Waals surface area contributed by atoms with Crippen LogP contribution in [0.3, 0.4) is 0 Å². The third-order valence-corrected chi connectivity index (χ3v) is 14.0. The predicted molar refractivity (Wildman–Crippen MR) is 279 cm³/mol. The van der Waals surface area contributed by atoms with E-state index in [9.17, 15) is 29.4 Å². The molecule has 0 radical (unpaired) electrons. The van der Waals surface area contributed by atoms with Crippen molar-refractivity contribution in [1.82, 2.24) is 30.0 Å². The summed E-state index contributed by atoms with van der Waals surface area (Å²) in [6, 6.07) is 12.1. The van der Waals surface area contributed by atoms with Crippen LogP contribution in [0.2, 0.25) is 0 Å². The number of ether oxygens (including phenoxy) is 6. The lowest BCUT2D eigenvalue weighted by Crippen LogP contribution is -2.65. The molecule has 1 spiro atoms. The Morgan fingerprint density at radius 2 is 1.27 bits per heavy atom. The number of aliphatic hydroxyl groups excluding tert-OH is 2. The molecule has 5 heterocycles. The van der Waals surface area contributed by atoms with E-state index >= 15 is 0 Å². The Bertz CT molecular complexity index is 2460. The molecular formula is C54H79N9O12. The molecule has 0 unspecified atom stereocenters. The average molecular weight is 1050 g/mol. The molecule has 3 fully saturated rings. The number of anilines is 2. The Morgan fingerprint density at radius 1 is 0.747 bits per heavy atom. The maximum atomic E-state index is 13.6. The summed E-state index contributed by atoms with van der Waals surface area (Å²) < 4.78 is 32.2. The van der Waals surface area contributed by atoms with Gasteiger partial charge in [-0.1, -0.05) is 12.1 Å². The Hall–Kier alpha value is -6.00. The number of nitrogens with zero attached hydrogens (tertiary/aromatic N) is 6. The van der Waals surface area contributed by atoms with E-state index in [-0.39, 0.29) is 56.3 Å². The van der Waals surface area contributed by atoms with E-state index in [0.29, 0.717) is 42.7 Å². The van der Waals surface area contributed by atoms with E-state index in [4.69, 9.17) is 39.1 Å². The number of piperidine rings is 1. The van der Waals surface area contributed by atoms with E-state index in [2.05, 4.69) is 20.5 Å². The Morgan fingerprint density at radius 3 is 1.75 bits per heavy atom. The molecular weight excluding hydrogens is 967 g/mol. The van der Waals surface area contributed by atoms with Crippen molar-refractivity contribution in [3.05, 3.63) is 70.4 Å². The summed E-state index contributed by atoms with van der Waals surface area (Å²) >= 11 is 0. The number of methoxy groups -OCH3 is 2. The van der Waals surface area contributed by atoms with Gasteiger partial charge in [0.15, 0.2) is 13.6 Å². The van der Waals surface area contributed by atoms with E-state index < -0.39 is 53.6 Å². The topological polar surface area (TPSA) is 253 Å². The number of amides is 4. The molecule has 412 valence electrons. The zero-order valence-electron chi connectivity index (χ0n) is 45.2. The fourth-order valence-corrected chi connectivity index (χ4v) is 10.3. The van der Waals surface area contributed by atoms with Gasteiger partial charge < -0.3 is 64.8 Å². The predicted octanol–water partition coefficient (Wildman–Crippen LogP) is 4.98. The van der Waals surface area contributed by atoms with Gasteiger partial charge in [-0.15, -0.1) is 0 Å². The van der Waals surface area contributed by atoms with Crippen LogP contribution in [0.15, 0.2) is 42.5 Å². The summed E-state index contributed by atoms with van der Waals surface area (Å²) in [5.41, 5.74) is 8.53. The lowest BCUT2D eigenvalue weighted by Gasteiger charge is -2.59. The van der Waals surface area contributed by atoms with E-state index in [0.717, 1.165) is 80.5 Å². The van der Waals surface area contributed by atoms with E-state index in [1.807, 2.05) is 62.1 Å². The number of nitrogens with two attached hydrogens (primary N) is 1. The van der Waals surface area contributed by atoms with E-state index in [1.54, 1.807) is 52.9 Å². The summed E-state index contributed by atoms with van der Waals surface area (Å²) in [6.45, 7) is 16.4. The number of benzene rings is 2. The van der Waals surface area contributed by atoms with Gasteiger partial charge in [0, 0.05) is 91.0 Å². The summed E-state index contributed by atoms with van der Waals surface area (Å²) in [5, 5.41) is 28.2. The molecule has 4 aliphatic heterocycles. The van der Waals surface area contributed by atoms with Crippen molar-refractivity contribution in [3.8, 4) is 11.5 Å².